The van der Waals surface area contributed by atoms with Crippen LogP contribution in [0.2, 0.25) is 0 Å². The maximum Gasteiger partial charge on any atom is 0.178 e. The van der Waals surface area contributed by atoms with Gasteiger partial charge in [0.05, 0.1) is 0 Å². The Kier molecular flexibility index (Phi) is 4.78. The molecule has 0 aliphatic heterocycles. The molecule has 0 unspecified atom stereocenters. The second-order valence-electron chi connectivity index (χ2n) is 6.14. The van der Waals surface area contributed by atoms with E-state index >= 15 is 0 Å². The van der Waals surface area contributed by atoms with Gasteiger partial charge in [0.1, 0.15) is 11.3 Å². The number of phenols is 1. The first-order chi connectivity index (χ1) is 12.7. The third kappa shape index (κ3) is 3.26. The normalized spacial score (nSPS) is 11.1. The maximum atomic E-state index is 10.5. The summed E-state index contributed by atoms with van der Waals surface area (Å²) in [6.07, 6.45) is 0. The molecule has 0 amide bonds. The summed E-state index contributed by atoms with van der Waals surface area (Å²) >= 11 is 3.54. The quantitative estimate of drug-likeness (QED) is 0.435. The van der Waals surface area contributed by atoms with E-state index in [-0.39, 0.29) is 5.75 Å². The summed E-state index contributed by atoms with van der Waals surface area (Å²) < 4.78 is 6.57. The molecule has 0 saturated heterocycles. The van der Waals surface area contributed by atoms with E-state index in [4.69, 9.17) is 4.42 Å². The zero-order valence-corrected chi connectivity index (χ0v) is 15.7. The topological polar surface area (TPSA) is 45.4 Å². The summed E-state index contributed by atoms with van der Waals surface area (Å²) in [6.45, 7) is 1.28. The van der Waals surface area contributed by atoms with Gasteiger partial charge in [-0.25, -0.2) is 0 Å². The molecule has 1 heterocycles. The third-order valence-electron chi connectivity index (χ3n) is 4.43. The molecule has 0 fully saturated rings. The molecule has 0 atom stereocenters. The van der Waals surface area contributed by atoms with Crippen molar-refractivity contribution in [2.24, 2.45) is 0 Å². The molecule has 0 spiro atoms. The van der Waals surface area contributed by atoms with E-state index in [0.29, 0.717) is 11.2 Å². The third-order valence-corrected chi connectivity index (χ3v) is 4.99. The summed E-state index contributed by atoms with van der Waals surface area (Å²) in [5.41, 5.74) is 4.81. The molecule has 0 bridgehead atoms. The average Bonchev–Trinajstić information content (AvgIpc) is 3.01. The molecule has 4 heteroatoms. The van der Waals surface area contributed by atoms with E-state index in [1.54, 1.807) is 6.07 Å². The Bertz CT molecular complexity index is 1030. The number of rotatable bonds is 5. The highest BCUT2D eigenvalue weighted by molar-refractivity contribution is 9.10. The van der Waals surface area contributed by atoms with E-state index in [1.807, 2.05) is 54.6 Å². The first-order valence-corrected chi connectivity index (χ1v) is 9.26. The lowest BCUT2D eigenvalue weighted by Crippen LogP contribution is -2.13. The fourth-order valence-corrected chi connectivity index (χ4v) is 3.79. The van der Waals surface area contributed by atoms with Crippen molar-refractivity contribution in [3.63, 3.8) is 0 Å². The highest BCUT2D eigenvalue weighted by Gasteiger charge is 2.19. The smallest absolute Gasteiger partial charge is 0.178 e. The van der Waals surface area contributed by atoms with Gasteiger partial charge in [0.15, 0.2) is 4.67 Å². The molecular formula is C22H18BrNO2. The summed E-state index contributed by atoms with van der Waals surface area (Å²) in [7, 11) is 0. The van der Waals surface area contributed by atoms with E-state index in [0.717, 1.165) is 34.2 Å². The Morgan fingerprint density at radius 1 is 0.846 bits per heavy atom. The fourth-order valence-electron chi connectivity index (χ4n) is 3.19. The number of furan rings is 1. The summed E-state index contributed by atoms with van der Waals surface area (Å²) in [5, 5.41) is 14.8. The van der Waals surface area contributed by atoms with Crippen LogP contribution < -0.4 is 5.32 Å². The van der Waals surface area contributed by atoms with E-state index in [2.05, 4.69) is 33.4 Å². The van der Waals surface area contributed by atoms with Crippen molar-refractivity contribution in [3.05, 3.63) is 88.6 Å². The SMILES string of the molecule is Oc1ccc2oc(Br)c(-c3ccccc3)c2c1CNCc1ccccc1. The van der Waals surface area contributed by atoms with E-state index in [1.165, 1.54) is 5.56 Å². The number of hydrogen-bond acceptors (Lipinski definition) is 3. The molecule has 130 valence electrons. The largest absolute Gasteiger partial charge is 0.508 e. The van der Waals surface area contributed by atoms with Crippen LogP contribution >= 0.6 is 15.9 Å². The average molecular weight is 408 g/mol. The van der Waals surface area contributed by atoms with Crippen LogP contribution in [0.15, 0.2) is 81.9 Å². The lowest BCUT2D eigenvalue weighted by Gasteiger charge is -2.10. The summed E-state index contributed by atoms with van der Waals surface area (Å²) in [5.74, 6) is 0.267. The molecule has 1 aromatic heterocycles. The Labute approximate surface area is 160 Å². The monoisotopic (exact) mass is 407 g/mol. The Morgan fingerprint density at radius 2 is 1.54 bits per heavy atom. The van der Waals surface area contributed by atoms with Crippen LogP contribution in [0.5, 0.6) is 5.75 Å². The van der Waals surface area contributed by atoms with Crippen molar-refractivity contribution >= 4 is 26.9 Å². The van der Waals surface area contributed by atoms with Crippen LogP contribution in [-0.2, 0) is 13.1 Å². The van der Waals surface area contributed by atoms with Crippen LogP contribution in [0.25, 0.3) is 22.1 Å². The van der Waals surface area contributed by atoms with Gasteiger partial charge in [0, 0.05) is 29.6 Å². The molecule has 0 aliphatic rings. The minimum Gasteiger partial charge on any atom is -0.508 e. The van der Waals surface area contributed by atoms with Gasteiger partial charge in [-0.15, -0.1) is 0 Å². The first kappa shape index (κ1) is 16.9. The van der Waals surface area contributed by atoms with Crippen molar-refractivity contribution in [2.75, 3.05) is 0 Å². The van der Waals surface area contributed by atoms with Gasteiger partial charge in [-0.1, -0.05) is 60.7 Å². The molecule has 26 heavy (non-hydrogen) atoms. The van der Waals surface area contributed by atoms with Gasteiger partial charge in [-0.2, -0.15) is 0 Å². The van der Waals surface area contributed by atoms with Crippen molar-refractivity contribution in [1.82, 2.24) is 5.32 Å². The van der Waals surface area contributed by atoms with E-state index in [9.17, 15) is 5.11 Å². The van der Waals surface area contributed by atoms with Crippen LogP contribution in [0.4, 0.5) is 0 Å². The predicted molar refractivity (Wildman–Crippen MR) is 108 cm³/mol. The molecule has 2 N–H and O–H groups in total. The Balaban J connectivity index is 1.73. The molecule has 3 nitrogen and oxygen atoms in total. The number of hydrogen-bond donors (Lipinski definition) is 2. The number of fused-ring (bicyclic) bond motifs is 1. The van der Waals surface area contributed by atoms with Crippen molar-refractivity contribution in [2.45, 2.75) is 13.1 Å². The zero-order valence-electron chi connectivity index (χ0n) is 14.1. The lowest BCUT2D eigenvalue weighted by atomic mass is 10.00. The second kappa shape index (κ2) is 7.36. The predicted octanol–water partition coefficient (Wildman–Crippen LogP) is 5.86. The zero-order chi connectivity index (χ0) is 17.9. The van der Waals surface area contributed by atoms with Crippen molar-refractivity contribution in [1.29, 1.82) is 0 Å². The van der Waals surface area contributed by atoms with Crippen molar-refractivity contribution < 1.29 is 9.52 Å². The van der Waals surface area contributed by atoms with Crippen LogP contribution in [0.3, 0.4) is 0 Å². The van der Waals surface area contributed by atoms with Gasteiger partial charge in [-0.3, -0.25) is 0 Å². The number of halogens is 1. The minimum atomic E-state index is 0.267. The highest BCUT2D eigenvalue weighted by atomic mass is 79.9. The lowest BCUT2D eigenvalue weighted by molar-refractivity contribution is 0.465. The van der Waals surface area contributed by atoms with Crippen LogP contribution in [0, 0.1) is 0 Å². The Morgan fingerprint density at radius 3 is 2.27 bits per heavy atom. The maximum absolute atomic E-state index is 10.5. The van der Waals surface area contributed by atoms with Gasteiger partial charge >= 0.3 is 0 Å². The molecule has 4 aromatic rings. The van der Waals surface area contributed by atoms with Crippen molar-refractivity contribution in [3.8, 4) is 16.9 Å². The van der Waals surface area contributed by atoms with Gasteiger partial charge in [0.25, 0.3) is 0 Å². The number of phenolic OH excluding ortho intramolecular Hbond substituents is 1. The molecule has 0 radical (unpaired) electrons. The standard InChI is InChI=1S/C22H18BrNO2/c23-22-20(16-9-5-2-6-10-16)21-17(18(25)11-12-19(21)26-22)14-24-13-15-7-3-1-4-8-15/h1-12,24-25H,13-14H2. The summed E-state index contributed by atoms with van der Waals surface area (Å²) in [6, 6.07) is 23.8. The van der Waals surface area contributed by atoms with Crippen LogP contribution in [-0.4, -0.2) is 5.11 Å². The van der Waals surface area contributed by atoms with Gasteiger partial charge in [0.2, 0.25) is 0 Å². The minimum absolute atomic E-state index is 0.267. The first-order valence-electron chi connectivity index (χ1n) is 8.47. The molecule has 0 aliphatic carbocycles. The number of nitrogens with one attached hydrogen (secondary N) is 1. The van der Waals surface area contributed by atoms with Crippen LogP contribution in [0.1, 0.15) is 11.1 Å². The van der Waals surface area contributed by atoms with E-state index < -0.39 is 0 Å². The number of aromatic hydroxyl groups is 1. The Hall–Kier alpha value is -2.56. The fraction of sp³-hybridized carbons (Fsp3) is 0.0909. The van der Waals surface area contributed by atoms with Gasteiger partial charge < -0.3 is 14.8 Å². The second-order valence-corrected chi connectivity index (χ2v) is 6.86. The van der Waals surface area contributed by atoms with Gasteiger partial charge in [-0.05, 0) is 39.2 Å². The molecule has 4 rings (SSSR count). The molecule has 0 saturated carbocycles. The molecule has 3 aromatic carbocycles. The molecular weight excluding hydrogens is 390 g/mol. The number of benzene rings is 3. The highest BCUT2D eigenvalue weighted by Crippen LogP contribution is 2.42. The summed E-state index contributed by atoms with van der Waals surface area (Å²) in [4.78, 5) is 0.